The molecule has 0 aliphatic carbocycles. The van der Waals surface area contributed by atoms with E-state index >= 15 is 0 Å². The minimum absolute atomic E-state index is 0. The van der Waals surface area contributed by atoms with Crippen molar-refractivity contribution in [3.05, 3.63) is 12.2 Å². The zero-order valence-electron chi connectivity index (χ0n) is 12.8. The molecule has 0 spiro atoms. The summed E-state index contributed by atoms with van der Waals surface area (Å²) in [5.41, 5.74) is 0. The quantitative estimate of drug-likeness (QED) is 0.161. The van der Waals surface area contributed by atoms with E-state index in [2.05, 4.69) is 30.3 Å². The first-order valence-electron chi connectivity index (χ1n) is 6.23. The third-order valence-corrected chi connectivity index (χ3v) is 4.03. The molecular weight excluding hydrogens is 307 g/mol. The van der Waals surface area contributed by atoms with E-state index in [9.17, 15) is 15.0 Å². The maximum absolute atomic E-state index is 11.0. The van der Waals surface area contributed by atoms with Gasteiger partial charge >= 0.3 is 17.4 Å². The number of aliphatic carboxylic acids is 1. The number of hydrogen-bond acceptors (Lipinski definition) is 6. The Hall–Kier alpha value is -0.691. The van der Waals surface area contributed by atoms with Gasteiger partial charge in [0.2, 0.25) is 0 Å². The second-order valence-electron chi connectivity index (χ2n) is 4.81. The largest absolute Gasteiger partial charge is 3.00 e. The summed E-state index contributed by atoms with van der Waals surface area (Å²) >= 11 is 0. The Morgan fingerprint density at radius 2 is 1.90 bits per heavy atom. The Kier molecular flexibility index (Phi) is 23.5. The molecule has 4 N–H and O–H groups in total. The standard InChI is InChI=1S/C12H24N2O3Si.Al.2H2O/c1-10(9-18(2)3)8-13-6-7-14-11(15)4-5-12(16)17;;;/h4-5,10,13,18H,6-9H2,1-3H3,(H,14,15)(H,16,17);;2*1H2/q;+3;;/p-3/b5-4+;;;. The molecule has 120 valence electrons. The molecule has 0 aromatic heterocycles. The predicted molar refractivity (Wildman–Crippen MR) is 83.5 cm³/mol. The van der Waals surface area contributed by atoms with Gasteiger partial charge in [-0.3, -0.25) is 4.99 Å². The van der Waals surface area contributed by atoms with Crippen LogP contribution < -0.4 is 15.5 Å². The molecule has 0 rings (SSSR count). The minimum Gasteiger partial charge on any atom is -0.870 e. The van der Waals surface area contributed by atoms with E-state index in [1.54, 1.807) is 0 Å². The van der Waals surface area contributed by atoms with Crippen molar-refractivity contribution in [1.82, 2.24) is 5.32 Å². The van der Waals surface area contributed by atoms with Crippen molar-refractivity contribution in [3.63, 3.8) is 0 Å². The van der Waals surface area contributed by atoms with Crippen LogP contribution in [0.1, 0.15) is 6.92 Å². The van der Waals surface area contributed by atoms with Crippen LogP contribution in [0.25, 0.3) is 0 Å². The van der Waals surface area contributed by atoms with Gasteiger partial charge in [0.15, 0.2) is 0 Å². The molecule has 0 aliphatic heterocycles. The van der Waals surface area contributed by atoms with Crippen molar-refractivity contribution in [2.24, 2.45) is 10.9 Å². The average Bonchev–Trinajstić information content (AvgIpc) is 2.24. The summed E-state index contributed by atoms with van der Waals surface area (Å²) in [6.45, 7) is 8.80. The van der Waals surface area contributed by atoms with Gasteiger partial charge in [-0.05, 0) is 24.4 Å². The SMILES string of the molecule is CC(CNCCN=C([O-])/C=C/C(=O)[O-])C[SiH](C)C.O.[Al+3].[OH-]. The van der Waals surface area contributed by atoms with Gasteiger partial charge < -0.3 is 31.3 Å². The minimum atomic E-state index is -1.39. The molecule has 0 saturated heterocycles. The Morgan fingerprint density at radius 1 is 1.33 bits per heavy atom. The monoisotopic (exact) mass is 332 g/mol. The molecule has 0 amide bonds. The zero-order chi connectivity index (χ0) is 14.0. The average molecular weight is 332 g/mol. The zero-order valence-corrected chi connectivity index (χ0v) is 15.1. The molecule has 7 nitrogen and oxygen atoms in total. The van der Waals surface area contributed by atoms with Crippen LogP contribution in [-0.4, -0.2) is 68.6 Å². The second kappa shape index (κ2) is 17.4. The summed E-state index contributed by atoms with van der Waals surface area (Å²) < 4.78 is 0. The van der Waals surface area contributed by atoms with E-state index in [1.165, 1.54) is 6.04 Å². The van der Waals surface area contributed by atoms with Crippen LogP contribution in [-0.2, 0) is 4.79 Å². The number of nitrogens with one attached hydrogen (secondary N) is 1. The Balaban J connectivity index is -0.000000482. The number of carboxylic acid groups (broad SMARTS) is 1. The van der Waals surface area contributed by atoms with Crippen molar-refractivity contribution in [2.75, 3.05) is 19.6 Å². The topological polar surface area (TPSA) is 149 Å². The summed E-state index contributed by atoms with van der Waals surface area (Å²) in [5, 5.41) is 24.3. The van der Waals surface area contributed by atoms with Crippen LogP contribution in [0.4, 0.5) is 0 Å². The number of carbonyl (C=O) groups excluding carboxylic acids is 1. The van der Waals surface area contributed by atoms with Gasteiger partial charge in [0.25, 0.3) is 0 Å². The first kappa shape index (κ1) is 28.5. The fourth-order valence-electron chi connectivity index (χ4n) is 1.67. The number of nitrogens with zero attached hydrogens (tertiary/aromatic N) is 1. The summed E-state index contributed by atoms with van der Waals surface area (Å²) in [7, 11) is -0.511. The molecule has 0 aromatic rings. The second-order valence-corrected chi connectivity index (χ2v) is 8.07. The molecule has 0 aromatic carbocycles. The molecule has 1 atom stereocenters. The van der Waals surface area contributed by atoms with Crippen LogP contribution in [0.5, 0.6) is 0 Å². The van der Waals surface area contributed by atoms with E-state index in [1.807, 2.05) is 0 Å². The number of hydrogen-bond donors (Lipinski definition) is 1. The third kappa shape index (κ3) is 21.7. The molecule has 0 fully saturated rings. The van der Waals surface area contributed by atoms with Crippen LogP contribution in [0.15, 0.2) is 17.1 Å². The van der Waals surface area contributed by atoms with Gasteiger partial charge in [-0.25, -0.2) is 0 Å². The van der Waals surface area contributed by atoms with Crippen molar-refractivity contribution >= 4 is 38.0 Å². The predicted octanol–water partition coefficient (Wildman–Crippen LogP) is -2.62. The number of carbonyl (C=O) groups is 1. The number of carboxylic acids is 1. The normalized spacial score (nSPS) is 12.3. The van der Waals surface area contributed by atoms with Crippen LogP contribution in [0.2, 0.25) is 19.1 Å². The molecule has 9 heteroatoms. The molecular formula is C12H25AlN2O5Si. The molecule has 0 saturated carbocycles. The third-order valence-electron chi connectivity index (χ3n) is 2.28. The fraction of sp³-hybridized carbons (Fsp3) is 0.667. The van der Waals surface area contributed by atoms with Crippen LogP contribution in [0, 0.1) is 5.92 Å². The van der Waals surface area contributed by atoms with Gasteiger partial charge in [-0.2, -0.15) is 0 Å². The Bertz CT molecular complexity index is 314. The van der Waals surface area contributed by atoms with E-state index in [4.69, 9.17) is 0 Å². The van der Waals surface area contributed by atoms with E-state index in [-0.39, 0.29) is 28.3 Å². The fourth-order valence-corrected chi connectivity index (χ4v) is 3.45. The van der Waals surface area contributed by atoms with Gasteiger partial charge in [0.05, 0.1) is 12.5 Å². The van der Waals surface area contributed by atoms with Crippen molar-refractivity contribution in [2.45, 2.75) is 26.1 Å². The summed E-state index contributed by atoms with van der Waals surface area (Å²) in [6.07, 6.45) is 1.59. The molecule has 0 aliphatic rings. The first-order valence-corrected chi connectivity index (χ1v) is 9.35. The molecule has 21 heavy (non-hydrogen) atoms. The van der Waals surface area contributed by atoms with Crippen molar-refractivity contribution in [1.29, 1.82) is 0 Å². The molecule has 0 bridgehead atoms. The maximum atomic E-state index is 11.0. The van der Waals surface area contributed by atoms with Gasteiger partial charge in [0, 0.05) is 15.3 Å². The summed E-state index contributed by atoms with van der Waals surface area (Å²) in [4.78, 5) is 13.7. The van der Waals surface area contributed by atoms with Crippen LogP contribution >= 0.6 is 0 Å². The summed E-state index contributed by atoms with van der Waals surface area (Å²) in [6, 6.07) is 1.30. The van der Waals surface area contributed by atoms with Gasteiger partial charge in [-0.15, -0.1) is 0 Å². The van der Waals surface area contributed by atoms with Gasteiger partial charge in [-0.1, -0.05) is 32.1 Å². The summed E-state index contributed by atoms with van der Waals surface area (Å²) in [5.74, 6) is -1.27. The molecule has 0 radical (unpaired) electrons. The first-order chi connectivity index (χ1) is 8.41. The Morgan fingerprint density at radius 3 is 2.38 bits per heavy atom. The van der Waals surface area contributed by atoms with E-state index in [0.717, 1.165) is 12.6 Å². The van der Waals surface area contributed by atoms with Crippen molar-refractivity contribution < 1.29 is 26.0 Å². The van der Waals surface area contributed by atoms with Crippen molar-refractivity contribution in [3.8, 4) is 0 Å². The molecule has 1 unspecified atom stereocenters. The Labute approximate surface area is 138 Å². The van der Waals surface area contributed by atoms with E-state index < -0.39 is 20.7 Å². The van der Waals surface area contributed by atoms with E-state index in [0.29, 0.717) is 25.1 Å². The number of rotatable bonds is 9. The maximum Gasteiger partial charge on any atom is 3.00 e. The smallest absolute Gasteiger partial charge is 0.870 e. The molecule has 0 heterocycles. The van der Waals surface area contributed by atoms with Crippen LogP contribution in [0.3, 0.4) is 0 Å². The number of aliphatic imine (C=N–C) groups is 1. The van der Waals surface area contributed by atoms with Gasteiger partial charge in [0.1, 0.15) is 0 Å².